The Labute approximate surface area is 171 Å². The average molecular weight is 419 g/mol. The van der Waals surface area contributed by atoms with E-state index in [1.54, 1.807) is 18.0 Å². The van der Waals surface area contributed by atoms with E-state index >= 15 is 0 Å². The summed E-state index contributed by atoms with van der Waals surface area (Å²) in [6.45, 7) is 2.09. The molecule has 6 nitrogen and oxygen atoms in total. The van der Waals surface area contributed by atoms with Crippen molar-refractivity contribution in [2.75, 3.05) is 13.6 Å². The predicted molar refractivity (Wildman–Crippen MR) is 102 cm³/mol. The summed E-state index contributed by atoms with van der Waals surface area (Å²) < 4.78 is 48.6. The largest absolute Gasteiger partial charge is 0.484 e. The molecule has 0 aliphatic carbocycles. The molecule has 0 fully saturated rings. The molecule has 0 atom stereocenters. The van der Waals surface area contributed by atoms with Crippen LogP contribution in [0.5, 0.6) is 5.75 Å². The number of ether oxygens (including phenoxy) is 1. The fraction of sp³-hybridized carbons (Fsp3) is 0.286. The molecule has 1 heterocycles. The molecule has 30 heavy (non-hydrogen) atoms. The van der Waals surface area contributed by atoms with Crippen LogP contribution in [-0.4, -0.2) is 34.5 Å². The number of nitrogens with zero attached hydrogens (tertiary/aromatic N) is 3. The molecule has 0 saturated carbocycles. The van der Waals surface area contributed by atoms with Crippen LogP contribution in [-0.2, 0) is 19.2 Å². The molecule has 0 aliphatic heterocycles. The topological polar surface area (TPSA) is 68.5 Å². The van der Waals surface area contributed by atoms with Crippen molar-refractivity contribution < 1.29 is 27.2 Å². The highest BCUT2D eigenvalue weighted by Gasteiger charge is 2.30. The van der Waals surface area contributed by atoms with Crippen LogP contribution < -0.4 is 4.74 Å². The van der Waals surface area contributed by atoms with Crippen molar-refractivity contribution in [3.8, 4) is 5.75 Å². The number of likely N-dealkylation sites (N-methyl/N-ethyl adjacent to an activating group) is 1. The van der Waals surface area contributed by atoms with Crippen molar-refractivity contribution in [1.82, 2.24) is 15.0 Å². The summed E-state index contributed by atoms with van der Waals surface area (Å²) in [4.78, 5) is 18.2. The number of carbonyl (C=O) groups is 1. The van der Waals surface area contributed by atoms with Gasteiger partial charge in [-0.05, 0) is 36.8 Å². The van der Waals surface area contributed by atoms with Crippen LogP contribution in [0.1, 0.15) is 33.2 Å². The molecule has 0 spiro atoms. The van der Waals surface area contributed by atoms with E-state index in [0.717, 1.165) is 17.7 Å². The Morgan fingerprint density at radius 1 is 1.17 bits per heavy atom. The molecule has 0 bridgehead atoms. The monoisotopic (exact) mass is 419 g/mol. The Bertz CT molecular complexity index is 1020. The van der Waals surface area contributed by atoms with E-state index in [4.69, 9.17) is 9.26 Å². The lowest BCUT2D eigenvalue weighted by Crippen LogP contribution is -2.29. The highest BCUT2D eigenvalue weighted by molar-refractivity contribution is 5.95. The van der Waals surface area contributed by atoms with E-state index in [9.17, 15) is 18.0 Å². The zero-order chi connectivity index (χ0) is 21.7. The number of rotatable bonds is 7. The number of halogens is 3. The fourth-order valence-corrected chi connectivity index (χ4v) is 2.75. The Morgan fingerprint density at radius 3 is 2.67 bits per heavy atom. The van der Waals surface area contributed by atoms with Gasteiger partial charge in [-0.25, -0.2) is 0 Å². The standard InChI is InChI=1S/C21H20F3N3O3/c1-14-6-3-4-9-17(14)20(28)27(2)11-10-18-25-19(30-26-18)13-29-16-8-5-7-15(12-16)21(22,23)24/h3-9,12H,10-11,13H2,1-2H3. The van der Waals surface area contributed by atoms with E-state index in [1.165, 1.54) is 12.1 Å². The molecule has 0 N–H and O–H groups in total. The first-order valence-corrected chi connectivity index (χ1v) is 9.16. The van der Waals surface area contributed by atoms with E-state index in [1.807, 2.05) is 25.1 Å². The summed E-state index contributed by atoms with van der Waals surface area (Å²) in [5.74, 6) is 0.454. The van der Waals surface area contributed by atoms with E-state index < -0.39 is 11.7 Å². The summed E-state index contributed by atoms with van der Waals surface area (Å²) in [6, 6.07) is 11.9. The minimum Gasteiger partial charge on any atom is -0.484 e. The second-order valence-electron chi connectivity index (χ2n) is 6.71. The second kappa shape index (κ2) is 8.98. The number of hydrogen-bond acceptors (Lipinski definition) is 5. The van der Waals surface area contributed by atoms with E-state index in [2.05, 4.69) is 10.1 Å². The Hall–Kier alpha value is -3.36. The van der Waals surface area contributed by atoms with Gasteiger partial charge in [0.1, 0.15) is 5.75 Å². The molecule has 1 amide bonds. The van der Waals surface area contributed by atoms with Crippen molar-refractivity contribution in [1.29, 1.82) is 0 Å². The number of hydrogen-bond donors (Lipinski definition) is 0. The SMILES string of the molecule is Cc1ccccc1C(=O)N(C)CCc1noc(COc2cccc(C(F)(F)F)c2)n1. The lowest BCUT2D eigenvalue weighted by atomic mass is 10.1. The normalized spacial score (nSPS) is 11.4. The fourth-order valence-electron chi connectivity index (χ4n) is 2.75. The van der Waals surface area contributed by atoms with Crippen LogP contribution in [0.3, 0.4) is 0 Å². The Morgan fingerprint density at radius 2 is 1.93 bits per heavy atom. The average Bonchev–Trinajstić information content (AvgIpc) is 3.18. The van der Waals surface area contributed by atoms with Gasteiger partial charge in [-0.15, -0.1) is 0 Å². The van der Waals surface area contributed by atoms with Crippen LogP contribution in [0.2, 0.25) is 0 Å². The molecule has 0 radical (unpaired) electrons. The number of aryl methyl sites for hydroxylation is 1. The first-order valence-electron chi connectivity index (χ1n) is 9.16. The van der Waals surface area contributed by atoms with Crippen molar-refractivity contribution in [3.05, 3.63) is 76.9 Å². The smallest absolute Gasteiger partial charge is 0.416 e. The van der Waals surface area contributed by atoms with Crippen molar-refractivity contribution in [2.45, 2.75) is 26.1 Å². The number of amides is 1. The quantitative estimate of drug-likeness (QED) is 0.572. The highest BCUT2D eigenvalue weighted by Crippen LogP contribution is 2.31. The second-order valence-corrected chi connectivity index (χ2v) is 6.71. The molecule has 0 unspecified atom stereocenters. The van der Waals surface area contributed by atoms with Gasteiger partial charge in [0.25, 0.3) is 11.8 Å². The third-order valence-corrected chi connectivity index (χ3v) is 4.43. The van der Waals surface area contributed by atoms with Gasteiger partial charge in [-0.3, -0.25) is 4.79 Å². The van der Waals surface area contributed by atoms with Gasteiger partial charge in [0.05, 0.1) is 5.56 Å². The Kier molecular flexibility index (Phi) is 6.39. The molecule has 0 aliphatic rings. The summed E-state index contributed by atoms with van der Waals surface area (Å²) in [5.41, 5.74) is 0.721. The third kappa shape index (κ3) is 5.37. The van der Waals surface area contributed by atoms with Crippen molar-refractivity contribution in [2.24, 2.45) is 0 Å². The maximum atomic E-state index is 12.7. The summed E-state index contributed by atoms with van der Waals surface area (Å²) in [7, 11) is 1.69. The zero-order valence-electron chi connectivity index (χ0n) is 16.4. The summed E-state index contributed by atoms with van der Waals surface area (Å²) >= 11 is 0. The first-order chi connectivity index (χ1) is 14.2. The maximum Gasteiger partial charge on any atom is 0.416 e. The minimum absolute atomic E-state index is 0.0492. The Balaban J connectivity index is 1.53. The van der Waals surface area contributed by atoms with Gasteiger partial charge < -0.3 is 14.2 Å². The van der Waals surface area contributed by atoms with Crippen molar-refractivity contribution >= 4 is 5.91 Å². The first kappa shape index (κ1) is 21.4. The van der Waals surface area contributed by atoms with Crippen LogP contribution in [0.15, 0.2) is 53.1 Å². The molecule has 9 heteroatoms. The molecule has 0 saturated heterocycles. The molecular weight excluding hydrogens is 399 g/mol. The molecule has 3 rings (SSSR count). The number of aromatic nitrogens is 2. The van der Waals surface area contributed by atoms with Gasteiger partial charge in [0.2, 0.25) is 0 Å². The highest BCUT2D eigenvalue weighted by atomic mass is 19.4. The van der Waals surface area contributed by atoms with Crippen LogP contribution in [0.4, 0.5) is 13.2 Å². The summed E-state index contributed by atoms with van der Waals surface area (Å²) in [6.07, 6.45) is -4.08. The zero-order valence-corrected chi connectivity index (χ0v) is 16.4. The van der Waals surface area contributed by atoms with Crippen LogP contribution in [0.25, 0.3) is 0 Å². The number of alkyl halides is 3. The lowest BCUT2D eigenvalue weighted by Gasteiger charge is -2.17. The van der Waals surface area contributed by atoms with E-state index in [-0.39, 0.29) is 24.2 Å². The van der Waals surface area contributed by atoms with Gasteiger partial charge >= 0.3 is 6.18 Å². The number of carbonyl (C=O) groups excluding carboxylic acids is 1. The van der Waals surface area contributed by atoms with Crippen LogP contribution >= 0.6 is 0 Å². The molecule has 2 aromatic carbocycles. The van der Waals surface area contributed by atoms with Crippen LogP contribution in [0, 0.1) is 6.92 Å². The predicted octanol–water partition coefficient (Wildman–Crippen LogP) is 4.29. The molecule has 158 valence electrons. The van der Waals surface area contributed by atoms with Gasteiger partial charge in [0, 0.05) is 25.6 Å². The molecule has 1 aromatic heterocycles. The van der Waals surface area contributed by atoms with Crippen molar-refractivity contribution in [3.63, 3.8) is 0 Å². The van der Waals surface area contributed by atoms with E-state index in [0.29, 0.717) is 24.4 Å². The van der Waals surface area contributed by atoms with Gasteiger partial charge in [-0.1, -0.05) is 29.4 Å². The lowest BCUT2D eigenvalue weighted by molar-refractivity contribution is -0.137. The van der Waals surface area contributed by atoms with Gasteiger partial charge in [0.15, 0.2) is 12.4 Å². The summed E-state index contributed by atoms with van der Waals surface area (Å²) in [5, 5.41) is 3.82. The maximum absolute atomic E-state index is 12.7. The van der Waals surface area contributed by atoms with Gasteiger partial charge in [-0.2, -0.15) is 18.2 Å². The minimum atomic E-state index is -4.45. The number of benzene rings is 2. The third-order valence-electron chi connectivity index (χ3n) is 4.43. The molecule has 3 aromatic rings. The molecular formula is C21H20F3N3O3.